The van der Waals surface area contributed by atoms with E-state index in [0.29, 0.717) is 11.1 Å². The number of nitrogens with two attached hydrogens (primary N) is 3. The van der Waals surface area contributed by atoms with Crippen molar-refractivity contribution < 1.29 is 4.42 Å². The highest BCUT2D eigenvalue weighted by atomic mass is 16.3. The molecule has 0 bridgehead atoms. The van der Waals surface area contributed by atoms with Gasteiger partial charge in [0.05, 0.1) is 17.7 Å². The molecule has 0 aliphatic carbocycles. The third-order valence-electron chi connectivity index (χ3n) is 4.22. The molecule has 0 spiro atoms. The van der Waals surface area contributed by atoms with Gasteiger partial charge in [-0.2, -0.15) is 9.97 Å². The summed E-state index contributed by atoms with van der Waals surface area (Å²) in [7, 11) is 0. The number of anilines is 2. The minimum atomic E-state index is -0.438. The van der Waals surface area contributed by atoms with Crippen LogP contribution in [0.2, 0.25) is 0 Å². The van der Waals surface area contributed by atoms with Gasteiger partial charge in [0, 0.05) is 5.56 Å². The molecule has 0 saturated carbocycles. The van der Waals surface area contributed by atoms with Crippen LogP contribution >= 0.6 is 0 Å². The maximum absolute atomic E-state index is 6.57. The molecule has 124 valence electrons. The Kier molecular flexibility index (Phi) is 3.59. The first-order chi connectivity index (χ1) is 12.1. The molecular formula is C19H17N5O. The molecule has 2 aromatic carbocycles. The van der Waals surface area contributed by atoms with Crippen molar-refractivity contribution >= 4 is 22.9 Å². The Hall–Kier alpha value is -3.38. The van der Waals surface area contributed by atoms with Crippen LogP contribution in [0.1, 0.15) is 17.2 Å². The molecular weight excluding hydrogens is 314 g/mol. The molecule has 0 aliphatic heterocycles. The second kappa shape index (κ2) is 5.92. The van der Waals surface area contributed by atoms with Gasteiger partial charge in [0.2, 0.25) is 11.7 Å². The molecule has 0 fully saturated rings. The normalized spacial score (nSPS) is 12.4. The summed E-state index contributed by atoms with van der Waals surface area (Å²) in [5, 5.41) is 0.601. The van der Waals surface area contributed by atoms with Crippen LogP contribution in [0.5, 0.6) is 0 Å². The number of fused-ring (bicyclic) bond motifs is 1. The molecule has 6 N–H and O–H groups in total. The minimum absolute atomic E-state index is 0.0733. The van der Waals surface area contributed by atoms with E-state index in [-0.39, 0.29) is 11.8 Å². The number of hydrogen-bond donors (Lipinski definition) is 3. The average molecular weight is 331 g/mol. The van der Waals surface area contributed by atoms with Gasteiger partial charge < -0.3 is 21.6 Å². The van der Waals surface area contributed by atoms with Crippen molar-refractivity contribution in [2.75, 3.05) is 11.5 Å². The van der Waals surface area contributed by atoms with Gasteiger partial charge >= 0.3 is 0 Å². The van der Waals surface area contributed by atoms with E-state index in [4.69, 9.17) is 21.6 Å². The third-order valence-corrected chi connectivity index (χ3v) is 4.22. The number of aromatic nitrogens is 2. The van der Waals surface area contributed by atoms with Crippen LogP contribution in [-0.2, 0) is 0 Å². The van der Waals surface area contributed by atoms with Gasteiger partial charge in [-0.15, -0.1) is 0 Å². The van der Waals surface area contributed by atoms with Crippen molar-refractivity contribution in [2.24, 2.45) is 5.73 Å². The zero-order valence-corrected chi connectivity index (χ0v) is 13.4. The fourth-order valence-corrected chi connectivity index (χ4v) is 3.05. The summed E-state index contributed by atoms with van der Waals surface area (Å²) in [6.45, 7) is 0. The molecule has 6 nitrogen and oxygen atoms in total. The molecule has 1 unspecified atom stereocenters. The third kappa shape index (κ3) is 2.58. The Balaban J connectivity index is 1.87. The predicted molar refractivity (Wildman–Crippen MR) is 98.5 cm³/mol. The summed E-state index contributed by atoms with van der Waals surface area (Å²) in [4.78, 5) is 8.10. The zero-order valence-electron chi connectivity index (χ0n) is 13.4. The molecule has 0 amide bonds. The first-order valence-corrected chi connectivity index (χ1v) is 7.85. The summed E-state index contributed by atoms with van der Waals surface area (Å²) >= 11 is 0. The van der Waals surface area contributed by atoms with Gasteiger partial charge in [-0.05, 0) is 16.7 Å². The number of rotatable bonds is 3. The molecule has 2 heterocycles. The van der Waals surface area contributed by atoms with Gasteiger partial charge in [-0.1, -0.05) is 54.6 Å². The fraction of sp³-hybridized carbons (Fsp3) is 0.0526. The lowest BCUT2D eigenvalue weighted by molar-refractivity contribution is 0.595. The lowest BCUT2D eigenvalue weighted by atomic mass is 9.91. The summed E-state index contributed by atoms with van der Waals surface area (Å²) in [6.07, 6.45) is 1.57. The molecule has 0 aliphatic rings. The fourth-order valence-electron chi connectivity index (χ4n) is 3.05. The van der Waals surface area contributed by atoms with Gasteiger partial charge in [-0.3, -0.25) is 0 Å². The summed E-state index contributed by atoms with van der Waals surface area (Å²) in [5.74, 6) is 0.336. The Morgan fingerprint density at radius 1 is 0.840 bits per heavy atom. The van der Waals surface area contributed by atoms with Crippen molar-refractivity contribution in [3.8, 4) is 11.1 Å². The number of hydrogen-bond acceptors (Lipinski definition) is 6. The van der Waals surface area contributed by atoms with Crippen molar-refractivity contribution in [3.05, 3.63) is 72.0 Å². The highest BCUT2D eigenvalue weighted by molar-refractivity contribution is 5.89. The largest absolute Gasteiger partial charge is 0.446 e. The molecule has 4 rings (SSSR count). The van der Waals surface area contributed by atoms with Gasteiger partial charge in [0.25, 0.3) is 0 Å². The van der Waals surface area contributed by atoms with Gasteiger partial charge in [-0.25, -0.2) is 0 Å². The summed E-state index contributed by atoms with van der Waals surface area (Å²) < 4.78 is 5.51. The van der Waals surface area contributed by atoms with Crippen LogP contribution in [0.4, 0.5) is 11.8 Å². The Labute approximate surface area is 144 Å². The molecule has 0 saturated heterocycles. The van der Waals surface area contributed by atoms with Gasteiger partial charge in [0.15, 0.2) is 0 Å². The van der Waals surface area contributed by atoms with E-state index in [0.717, 1.165) is 22.3 Å². The SMILES string of the molecule is Nc1nc(N)c2c(C(N)c3ccccc3-c3ccccc3)coc2n1. The van der Waals surface area contributed by atoms with Crippen LogP contribution in [0.3, 0.4) is 0 Å². The Morgan fingerprint density at radius 3 is 2.36 bits per heavy atom. The van der Waals surface area contributed by atoms with E-state index < -0.39 is 6.04 Å². The monoisotopic (exact) mass is 331 g/mol. The first kappa shape index (κ1) is 15.2. The Morgan fingerprint density at radius 2 is 1.56 bits per heavy atom. The standard InChI is InChI=1S/C19H17N5O/c20-16(14-10-25-18-15(14)17(21)23-19(22)24-18)13-9-5-4-8-12(13)11-6-2-1-3-7-11/h1-10,16H,20H2,(H4,21,22,23,24). The highest BCUT2D eigenvalue weighted by Crippen LogP contribution is 2.35. The molecule has 2 aromatic heterocycles. The van der Waals surface area contributed by atoms with E-state index in [1.165, 1.54) is 0 Å². The molecule has 1 atom stereocenters. The lowest BCUT2D eigenvalue weighted by Gasteiger charge is -2.16. The van der Waals surface area contributed by atoms with Crippen molar-refractivity contribution in [2.45, 2.75) is 6.04 Å². The molecule has 4 aromatic rings. The summed E-state index contributed by atoms with van der Waals surface area (Å²) in [6, 6.07) is 17.6. The highest BCUT2D eigenvalue weighted by Gasteiger charge is 2.21. The van der Waals surface area contributed by atoms with Crippen LogP contribution in [0.25, 0.3) is 22.2 Å². The zero-order chi connectivity index (χ0) is 17.4. The molecule has 25 heavy (non-hydrogen) atoms. The minimum Gasteiger partial charge on any atom is -0.446 e. The molecule has 6 heteroatoms. The van der Waals surface area contributed by atoms with E-state index >= 15 is 0 Å². The predicted octanol–water partition coefficient (Wildman–Crippen LogP) is 3.10. The smallest absolute Gasteiger partial charge is 0.233 e. The number of nitrogen functional groups attached to an aromatic ring is 2. The first-order valence-electron chi connectivity index (χ1n) is 7.85. The molecule has 0 radical (unpaired) electrons. The van der Waals surface area contributed by atoms with E-state index in [9.17, 15) is 0 Å². The van der Waals surface area contributed by atoms with Gasteiger partial charge in [0.1, 0.15) is 5.82 Å². The lowest BCUT2D eigenvalue weighted by Crippen LogP contribution is -2.13. The second-order valence-corrected chi connectivity index (χ2v) is 5.77. The average Bonchev–Trinajstić information content (AvgIpc) is 3.06. The van der Waals surface area contributed by atoms with E-state index in [2.05, 4.69) is 22.1 Å². The maximum Gasteiger partial charge on any atom is 0.233 e. The van der Waals surface area contributed by atoms with Crippen LogP contribution < -0.4 is 17.2 Å². The second-order valence-electron chi connectivity index (χ2n) is 5.77. The number of nitrogens with zero attached hydrogens (tertiary/aromatic N) is 2. The van der Waals surface area contributed by atoms with Crippen LogP contribution in [0.15, 0.2) is 65.3 Å². The van der Waals surface area contributed by atoms with Crippen molar-refractivity contribution in [3.63, 3.8) is 0 Å². The Bertz CT molecular complexity index is 1040. The van der Waals surface area contributed by atoms with Crippen LogP contribution in [0, 0.1) is 0 Å². The quantitative estimate of drug-likeness (QED) is 0.531. The van der Waals surface area contributed by atoms with Crippen LogP contribution in [-0.4, -0.2) is 9.97 Å². The van der Waals surface area contributed by atoms with Crippen molar-refractivity contribution in [1.82, 2.24) is 9.97 Å². The van der Waals surface area contributed by atoms with E-state index in [1.54, 1.807) is 6.26 Å². The van der Waals surface area contributed by atoms with E-state index in [1.807, 2.05) is 42.5 Å². The summed E-state index contributed by atoms with van der Waals surface area (Å²) in [5.41, 5.74) is 22.4. The number of benzene rings is 2. The topological polar surface area (TPSA) is 117 Å². The maximum atomic E-state index is 6.57. The number of furan rings is 1. The van der Waals surface area contributed by atoms with Crippen molar-refractivity contribution in [1.29, 1.82) is 0 Å².